The Hall–Kier alpha value is -2.16. The fourth-order valence-electron chi connectivity index (χ4n) is 2.83. The van der Waals surface area contributed by atoms with Gasteiger partial charge in [0.2, 0.25) is 0 Å². The maximum absolute atomic E-state index is 5.99. The van der Waals surface area contributed by atoms with E-state index in [2.05, 4.69) is 77.5 Å². The van der Waals surface area contributed by atoms with E-state index in [1.807, 2.05) is 12.1 Å². The normalized spacial score (nSPS) is 11.0. The van der Waals surface area contributed by atoms with Crippen LogP contribution in [0.4, 0.5) is 0 Å². The lowest BCUT2D eigenvalue weighted by atomic mass is 10.2. The van der Waals surface area contributed by atoms with Crippen molar-refractivity contribution in [2.75, 3.05) is 0 Å². The number of para-hydroxylation sites is 1. The van der Waals surface area contributed by atoms with Gasteiger partial charge in [0.05, 0.1) is 0 Å². The van der Waals surface area contributed by atoms with E-state index in [0.717, 1.165) is 11.6 Å². The van der Waals surface area contributed by atoms with Gasteiger partial charge in [0.1, 0.15) is 0 Å². The maximum Gasteiger partial charge on any atom is 0.0495 e. The second kappa shape index (κ2) is 6.76. The number of fused-ring (bicyclic) bond motifs is 1. The lowest BCUT2D eigenvalue weighted by Gasteiger charge is -2.05. The first kappa shape index (κ1) is 15.4. The molecule has 118 valence electrons. The Bertz CT molecular complexity index is 958. The van der Waals surface area contributed by atoms with Gasteiger partial charge in [0.25, 0.3) is 0 Å². The molecule has 3 heteroatoms. The van der Waals surface area contributed by atoms with Crippen LogP contribution in [-0.4, -0.2) is 4.57 Å². The molecule has 0 spiro atoms. The second-order valence-electron chi connectivity index (χ2n) is 5.68. The summed E-state index contributed by atoms with van der Waals surface area (Å²) in [6.45, 7) is 0.878. The number of hydrogen-bond acceptors (Lipinski definition) is 1. The first-order chi connectivity index (χ1) is 11.8. The van der Waals surface area contributed by atoms with Gasteiger partial charge in [-0.15, -0.1) is 0 Å². The highest BCUT2D eigenvalue weighted by Crippen LogP contribution is 2.35. The van der Waals surface area contributed by atoms with Gasteiger partial charge in [-0.05, 0) is 35.9 Å². The molecule has 0 atom stereocenters. The summed E-state index contributed by atoms with van der Waals surface area (Å²) in [5.74, 6) is 0. The first-order valence-corrected chi connectivity index (χ1v) is 9.04. The van der Waals surface area contributed by atoms with Crippen LogP contribution < -0.4 is 0 Å². The van der Waals surface area contributed by atoms with Gasteiger partial charge >= 0.3 is 0 Å². The monoisotopic (exact) mass is 349 g/mol. The molecule has 1 heterocycles. The van der Waals surface area contributed by atoms with Gasteiger partial charge in [-0.25, -0.2) is 0 Å². The molecule has 3 aromatic carbocycles. The third-order valence-electron chi connectivity index (χ3n) is 3.99. The molecule has 0 N–H and O–H groups in total. The molecule has 0 bridgehead atoms. The highest BCUT2D eigenvalue weighted by Gasteiger charge is 2.10. The molecule has 0 fully saturated rings. The van der Waals surface area contributed by atoms with Gasteiger partial charge in [-0.2, -0.15) is 0 Å². The molecular weight excluding hydrogens is 334 g/mol. The summed E-state index contributed by atoms with van der Waals surface area (Å²) in [5.41, 5.74) is 2.57. The standard InChI is InChI=1S/C21H16ClNS/c22-17-10-12-18(13-11-17)24-21-15-23(14-16-6-2-1-3-7-16)20-9-5-4-8-19(20)21/h1-13,15H,14H2. The van der Waals surface area contributed by atoms with E-state index < -0.39 is 0 Å². The van der Waals surface area contributed by atoms with Crippen molar-refractivity contribution in [2.45, 2.75) is 16.3 Å². The van der Waals surface area contributed by atoms with Gasteiger partial charge in [-0.1, -0.05) is 71.9 Å². The van der Waals surface area contributed by atoms with Crippen molar-refractivity contribution in [1.29, 1.82) is 0 Å². The van der Waals surface area contributed by atoms with E-state index in [1.54, 1.807) is 11.8 Å². The molecule has 1 nitrogen and oxygen atoms in total. The van der Waals surface area contributed by atoms with Crippen molar-refractivity contribution in [2.24, 2.45) is 0 Å². The molecule has 0 aliphatic rings. The van der Waals surface area contributed by atoms with Crippen molar-refractivity contribution >= 4 is 34.3 Å². The molecule has 0 radical (unpaired) electrons. The maximum atomic E-state index is 5.99. The zero-order chi connectivity index (χ0) is 16.4. The predicted octanol–water partition coefficient (Wildman–Crippen LogP) is 6.49. The minimum absolute atomic E-state index is 0.769. The first-order valence-electron chi connectivity index (χ1n) is 7.85. The Morgan fingerprint density at radius 2 is 1.50 bits per heavy atom. The SMILES string of the molecule is Clc1ccc(Sc2cn(Cc3ccccc3)c3ccccc23)cc1. The van der Waals surface area contributed by atoms with Crippen LogP contribution in [0.15, 0.2) is 94.9 Å². The van der Waals surface area contributed by atoms with Crippen molar-refractivity contribution in [1.82, 2.24) is 4.57 Å². The number of rotatable bonds is 4. The zero-order valence-corrected chi connectivity index (χ0v) is 14.6. The summed E-state index contributed by atoms with van der Waals surface area (Å²) < 4.78 is 2.32. The fraction of sp³-hybridized carbons (Fsp3) is 0.0476. The number of hydrogen-bond donors (Lipinski definition) is 0. The van der Waals surface area contributed by atoms with Crippen LogP contribution >= 0.6 is 23.4 Å². The Labute approximate surface area is 150 Å². The van der Waals surface area contributed by atoms with Crippen LogP contribution in [0.1, 0.15) is 5.56 Å². The number of halogens is 1. The van der Waals surface area contributed by atoms with Crippen molar-refractivity contribution in [3.05, 3.63) is 95.6 Å². The molecule has 24 heavy (non-hydrogen) atoms. The summed E-state index contributed by atoms with van der Waals surface area (Å²) in [6, 6.07) is 27.1. The van der Waals surface area contributed by atoms with E-state index in [9.17, 15) is 0 Å². The molecule has 0 saturated heterocycles. The van der Waals surface area contributed by atoms with E-state index in [4.69, 9.17) is 11.6 Å². The fourth-order valence-corrected chi connectivity index (χ4v) is 3.95. The van der Waals surface area contributed by atoms with Crippen LogP contribution in [-0.2, 0) is 6.54 Å². The van der Waals surface area contributed by atoms with Crippen LogP contribution in [0.2, 0.25) is 5.02 Å². The van der Waals surface area contributed by atoms with Crippen LogP contribution in [0.5, 0.6) is 0 Å². The summed E-state index contributed by atoms with van der Waals surface area (Å²) in [6.07, 6.45) is 2.25. The summed E-state index contributed by atoms with van der Waals surface area (Å²) in [4.78, 5) is 2.46. The van der Waals surface area contributed by atoms with Crippen molar-refractivity contribution in [3.63, 3.8) is 0 Å². The van der Waals surface area contributed by atoms with E-state index in [0.29, 0.717) is 0 Å². The highest BCUT2D eigenvalue weighted by atomic mass is 35.5. The quantitative estimate of drug-likeness (QED) is 0.407. The minimum atomic E-state index is 0.769. The Morgan fingerprint density at radius 3 is 2.29 bits per heavy atom. The molecular formula is C21H16ClNS. The average Bonchev–Trinajstić information content (AvgIpc) is 2.96. The van der Waals surface area contributed by atoms with Crippen LogP contribution in [0.25, 0.3) is 10.9 Å². The smallest absolute Gasteiger partial charge is 0.0495 e. The largest absolute Gasteiger partial charge is 0.342 e. The van der Waals surface area contributed by atoms with E-state index in [-0.39, 0.29) is 0 Å². The third kappa shape index (κ3) is 3.21. The molecule has 4 rings (SSSR count). The summed E-state index contributed by atoms with van der Waals surface area (Å²) in [7, 11) is 0. The molecule has 0 aliphatic heterocycles. The van der Waals surface area contributed by atoms with Gasteiger partial charge in [0.15, 0.2) is 0 Å². The van der Waals surface area contributed by atoms with Gasteiger partial charge in [-0.3, -0.25) is 0 Å². The Kier molecular flexibility index (Phi) is 4.33. The van der Waals surface area contributed by atoms with Gasteiger partial charge in [0, 0.05) is 38.5 Å². The van der Waals surface area contributed by atoms with Crippen molar-refractivity contribution in [3.8, 4) is 0 Å². The lowest BCUT2D eigenvalue weighted by Crippen LogP contribution is -1.97. The lowest BCUT2D eigenvalue weighted by molar-refractivity contribution is 0.830. The Morgan fingerprint density at radius 1 is 0.792 bits per heavy atom. The van der Waals surface area contributed by atoms with Crippen molar-refractivity contribution < 1.29 is 0 Å². The molecule has 1 aromatic heterocycles. The Balaban J connectivity index is 1.72. The van der Waals surface area contributed by atoms with E-state index >= 15 is 0 Å². The molecule has 4 aromatic rings. The number of nitrogens with zero attached hydrogens (tertiary/aromatic N) is 1. The van der Waals surface area contributed by atoms with Crippen LogP contribution in [0, 0.1) is 0 Å². The molecule has 0 amide bonds. The molecule has 0 unspecified atom stereocenters. The number of aromatic nitrogens is 1. The zero-order valence-electron chi connectivity index (χ0n) is 13.0. The molecule has 0 aliphatic carbocycles. The van der Waals surface area contributed by atoms with Crippen LogP contribution in [0.3, 0.4) is 0 Å². The summed E-state index contributed by atoms with van der Waals surface area (Å²) in [5, 5.41) is 2.05. The minimum Gasteiger partial charge on any atom is -0.342 e. The summed E-state index contributed by atoms with van der Waals surface area (Å²) >= 11 is 7.77. The molecule has 0 saturated carbocycles. The number of benzene rings is 3. The predicted molar refractivity (Wildman–Crippen MR) is 103 cm³/mol. The van der Waals surface area contributed by atoms with Gasteiger partial charge < -0.3 is 4.57 Å². The topological polar surface area (TPSA) is 4.93 Å². The van der Waals surface area contributed by atoms with E-state index in [1.165, 1.54) is 26.3 Å². The average molecular weight is 350 g/mol. The highest BCUT2D eigenvalue weighted by molar-refractivity contribution is 7.99. The second-order valence-corrected chi connectivity index (χ2v) is 7.23. The third-order valence-corrected chi connectivity index (χ3v) is 5.29.